The summed E-state index contributed by atoms with van der Waals surface area (Å²) in [4.78, 5) is 0. The molecule has 0 aromatic rings. The van der Waals surface area contributed by atoms with E-state index in [9.17, 15) is 0 Å². The van der Waals surface area contributed by atoms with Gasteiger partial charge in [-0.15, -0.1) is 0 Å². The fraction of sp³-hybridized carbons (Fsp3) is 1.00. The summed E-state index contributed by atoms with van der Waals surface area (Å²) < 4.78 is 5.56. The van der Waals surface area contributed by atoms with Crippen molar-refractivity contribution in [2.45, 2.75) is 63.8 Å². The number of rotatable bonds is 4. The van der Waals surface area contributed by atoms with Crippen molar-refractivity contribution in [3.63, 3.8) is 0 Å². The fourth-order valence-electron chi connectivity index (χ4n) is 2.77. The Hall–Kier alpha value is -0.120. The average molecular weight is 212 g/mol. The summed E-state index contributed by atoms with van der Waals surface area (Å²) in [6.45, 7) is 6.60. The van der Waals surface area contributed by atoms with E-state index in [1.165, 1.54) is 32.2 Å². The minimum Gasteiger partial charge on any atom is -0.377 e. The molecule has 4 atom stereocenters. The van der Waals surface area contributed by atoms with Crippen molar-refractivity contribution in [1.29, 1.82) is 0 Å². The minimum atomic E-state index is 0.393. The van der Waals surface area contributed by atoms with Crippen LogP contribution in [0, 0.1) is 0 Å². The largest absolute Gasteiger partial charge is 0.377 e. The highest BCUT2D eigenvalue weighted by atomic mass is 16.5. The molecule has 15 heavy (non-hydrogen) atoms. The topological polar surface area (TPSA) is 33.3 Å². The van der Waals surface area contributed by atoms with Gasteiger partial charge >= 0.3 is 0 Å². The van der Waals surface area contributed by atoms with Crippen molar-refractivity contribution in [2.75, 3.05) is 13.2 Å². The van der Waals surface area contributed by atoms with Crippen LogP contribution in [0.5, 0.6) is 0 Å². The number of hydrogen-bond acceptors (Lipinski definition) is 3. The zero-order valence-electron chi connectivity index (χ0n) is 9.96. The molecule has 2 fully saturated rings. The first-order chi connectivity index (χ1) is 7.25. The fourth-order valence-corrected chi connectivity index (χ4v) is 2.77. The Balaban J connectivity index is 1.69. The number of hydrogen-bond donors (Lipinski definition) is 2. The van der Waals surface area contributed by atoms with Gasteiger partial charge in [0, 0.05) is 24.7 Å². The molecule has 4 unspecified atom stereocenters. The van der Waals surface area contributed by atoms with Gasteiger partial charge in [-0.3, -0.25) is 0 Å². The van der Waals surface area contributed by atoms with Gasteiger partial charge in [0.2, 0.25) is 0 Å². The predicted molar refractivity (Wildman–Crippen MR) is 62.1 cm³/mol. The summed E-state index contributed by atoms with van der Waals surface area (Å²) in [6, 6.07) is 1.92. The van der Waals surface area contributed by atoms with E-state index < -0.39 is 0 Å². The number of nitrogens with one attached hydrogen (secondary N) is 2. The lowest BCUT2D eigenvalue weighted by Gasteiger charge is -2.24. The Bertz CT molecular complexity index is 192. The maximum atomic E-state index is 5.56. The SMILES string of the molecule is CC(CC1CCCN1)NC1CCOC1C. The van der Waals surface area contributed by atoms with Gasteiger partial charge in [-0.2, -0.15) is 0 Å². The third-order valence-electron chi connectivity index (χ3n) is 3.68. The molecule has 2 saturated heterocycles. The van der Waals surface area contributed by atoms with E-state index in [0.717, 1.165) is 12.6 Å². The molecular weight excluding hydrogens is 188 g/mol. The summed E-state index contributed by atoms with van der Waals surface area (Å²) in [6.07, 6.45) is 5.51. The Kier molecular flexibility index (Phi) is 4.00. The number of ether oxygens (including phenoxy) is 1. The zero-order valence-corrected chi connectivity index (χ0v) is 9.96. The highest BCUT2D eigenvalue weighted by Crippen LogP contribution is 2.16. The van der Waals surface area contributed by atoms with Crippen LogP contribution in [0.3, 0.4) is 0 Å². The van der Waals surface area contributed by atoms with E-state index in [4.69, 9.17) is 4.74 Å². The summed E-state index contributed by atoms with van der Waals surface area (Å²) in [5.74, 6) is 0. The molecule has 0 bridgehead atoms. The van der Waals surface area contributed by atoms with Crippen molar-refractivity contribution < 1.29 is 4.74 Å². The molecule has 0 saturated carbocycles. The Morgan fingerprint density at radius 3 is 2.93 bits per heavy atom. The van der Waals surface area contributed by atoms with E-state index >= 15 is 0 Å². The molecule has 2 aliphatic heterocycles. The lowest BCUT2D eigenvalue weighted by atomic mass is 10.0. The maximum Gasteiger partial charge on any atom is 0.0700 e. The zero-order chi connectivity index (χ0) is 10.7. The van der Waals surface area contributed by atoms with Crippen LogP contribution in [0.4, 0.5) is 0 Å². The first-order valence-corrected chi connectivity index (χ1v) is 6.36. The molecule has 2 rings (SSSR count). The van der Waals surface area contributed by atoms with Crippen LogP contribution in [0.15, 0.2) is 0 Å². The van der Waals surface area contributed by atoms with Gasteiger partial charge in [0.05, 0.1) is 6.10 Å². The molecule has 0 amide bonds. The van der Waals surface area contributed by atoms with Gasteiger partial charge in [0.1, 0.15) is 0 Å². The van der Waals surface area contributed by atoms with Gasteiger partial charge in [-0.1, -0.05) is 0 Å². The molecule has 0 aliphatic carbocycles. The monoisotopic (exact) mass is 212 g/mol. The second-order valence-electron chi connectivity index (χ2n) is 5.07. The van der Waals surface area contributed by atoms with Gasteiger partial charge in [0.25, 0.3) is 0 Å². The molecule has 2 N–H and O–H groups in total. The molecular formula is C12H24N2O. The predicted octanol–water partition coefficient (Wildman–Crippen LogP) is 1.28. The van der Waals surface area contributed by atoms with Crippen molar-refractivity contribution >= 4 is 0 Å². The first-order valence-electron chi connectivity index (χ1n) is 6.36. The van der Waals surface area contributed by atoms with Crippen LogP contribution in [-0.4, -0.2) is 37.4 Å². The maximum absolute atomic E-state index is 5.56. The van der Waals surface area contributed by atoms with Gasteiger partial charge < -0.3 is 15.4 Å². The van der Waals surface area contributed by atoms with Gasteiger partial charge in [0.15, 0.2) is 0 Å². The molecule has 0 radical (unpaired) electrons. The van der Waals surface area contributed by atoms with E-state index in [-0.39, 0.29) is 0 Å². The quantitative estimate of drug-likeness (QED) is 0.736. The molecule has 0 aromatic carbocycles. The highest BCUT2D eigenvalue weighted by Gasteiger charge is 2.26. The Morgan fingerprint density at radius 2 is 2.33 bits per heavy atom. The second kappa shape index (κ2) is 5.28. The van der Waals surface area contributed by atoms with Crippen LogP contribution in [0.1, 0.15) is 39.5 Å². The van der Waals surface area contributed by atoms with E-state index in [1.54, 1.807) is 0 Å². The lowest BCUT2D eigenvalue weighted by molar-refractivity contribution is 0.110. The minimum absolute atomic E-state index is 0.393. The smallest absolute Gasteiger partial charge is 0.0700 e. The molecule has 2 aliphatic rings. The van der Waals surface area contributed by atoms with E-state index in [2.05, 4.69) is 24.5 Å². The van der Waals surface area contributed by atoms with Gasteiger partial charge in [-0.25, -0.2) is 0 Å². The second-order valence-corrected chi connectivity index (χ2v) is 5.07. The molecule has 3 nitrogen and oxygen atoms in total. The van der Waals surface area contributed by atoms with Crippen LogP contribution in [0.25, 0.3) is 0 Å². The van der Waals surface area contributed by atoms with Crippen molar-refractivity contribution in [3.05, 3.63) is 0 Å². The first kappa shape index (κ1) is 11.4. The summed E-state index contributed by atoms with van der Waals surface area (Å²) in [7, 11) is 0. The van der Waals surface area contributed by atoms with E-state index in [0.29, 0.717) is 18.2 Å². The lowest BCUT2D eigenvalue weighted by Crippen LogP contribution is -2.43. The molecule has 0 spiro atoms. The molecule has 88 valence electrons. The summed E-state index contributed by atoms with van der Waals surface area (Å²) >= 11 is 0. The Labute approximate surface area is 93.0 Å². The summed E-state index contributed by atoms with van der Waals surface area (Å²) in [5, 5.41) is 7.24. The third kappa shape index (κ3) is 3.16. The van der Waals surface area contributed by atoms with Crippen LogP contribution in [0.2, 0.25) is 0 Å². The standard InChI is InChI=1S/C12H24N2O/c1-9(8-11-4-3-6-13-11)14-12-5-7-15-10(12)2/h9-14H,3-8H2,1-2H3. The molecule has 0 aromatic heterocycles. The average Bonchev–Trinajstić information content (AvgIpc) is 2.79. The van der Waals surface area contributed by atoms with Crippen LogP contribution in [-0.2, 0) is 4.74 Å². The Morgan fingerprint density at radius 1 is 1.47 bits per heavy atom. The van der Waals surface area contributed by atoms with Crippen LogP contribution < -0.4 is 10.6 Å². The van der Waals surface area contributed by atoms with Crippen molar-refractivity contribution in [1.82, 2.24) is 10.6 Å². The molecule has 3 heteroatoms. The molecule has 2 heterocycles. The van der Waals surface area contributed by atoms with Gasteiger partial charge in [-0.05, 0) is 46.1 Å². The van der Waals surface area contributed by atoms with Crippen molar-refractivity contribution in [2.24, 2.45) is 0 Å². The normalized spacial score (nSPS) is 38.4. The summed E-state index contributed by atoms with van der Waals surface area (Å²) in [5.41, 5.74) is 0. The third-order valence-corrected chi connectivity index (χ3v) is 3.68. The van der Waals surface area contributed by atoms with E-state index in [1.807, 2.05) is 0 Å². The highest BCUT2D eigenvalue weighted by molar-refractivity contribution is 4.84. The van der Waals surface area contributed by atoms with Crippen molar-refractivity contribution in [3.8, 4) is 0 Å². The van der Waals surface area contributed by atoms with Crippen LogP contribution >= 0.6 is 0 Å².